The first-order valence-electron chi connectivity index (χ1n) is 5.33. The largest absolute Gasteiger partial charge is 0.458 e. The van der Waals surface area contributed by atoms with Crippen molar-refractivity contribution in [3.8, 4) is 0 Å². The van der Waals surface area contributed by atoms with Gasteiger partial charge in [0, 0.05) is 18.2 Å². The molecule has 8 heteroatoms. The van der Waals surface area contributed by atoms with E-state index in [1.807, 2.05) is 0 Å². The van der Waals surface area contributed by atoms with Crippen LogP contribution in [0.25, 0.3) is 6.08 Å². The number of nitro groups is 2. The van der Waals surface area contributed by atoms with E-state index in [1.54, 1.807) is 0 Å². The van der Waals surface area contributed by atoms with E-state index in [0.29, 0.717) is 0 Å². The minimum Gasteiger partial charge on any atom is -0.458 e. The number of non-ortho nitro benzene ring substituents is 2. The summed E-state index contributed by atoms with van der Waals surface area (Å²) in [6.45, 7) is 3.39. The molecule has 0 N–H and O–H groups in total. The van der Waals surface area contributed by atoms with Crippen molar-refractivity contribution >= 4 is 23.4 Å². The number of hydrogen-bond donors (Lipinski definition) is 0. The highest BCUT2D eigenvalue weighted by Crippen LogP contribution is 2.23. The number of benzene rings is 1. The number of hydrogen-bond acceptors (Lipinski definition) is 6. The molecule has 0 spiro atoms. The lowest BCUT2D eigenvalue weighted by Gasteiger charge is -1.98. The predicted molar refractivity (Wildman–Crippen MR) is 69.9 cm³/mol. The average Bonchev–Trinajstić information content (AvgIpc) is 2.42. The van der Waals surface area contributed by atoms with Crippen molar-refractivity contribution in [2.24, 2.45) is 0 Å². The number of carbonyl (C=O) groups excluding carboxylic acids is 1. The molecule has 1 rings (SSSR count). The topological polar surface area (TPSA) is 113 Å². The van der Waals surface area contributed by atoms with Crippen LogP contribution in [0.3, 0.4) is 0 Å². The van der Waals surface area contributed by atoms with Gasteiger partial charge in [-0.1, -0.05) is 12.7 Å². The molecule has 0 fully saturated rings. The van der Waals surface area contributed by atoms with Crippen LogP contribution in [-0.2, 0) is 9.53 Å². The lowest BCUT2D eigenvalue weighted by Crippen LogP contribution is -1.99. The smallest absolute Gasteiger partial charge is 0.331 e. The zero-order valence-corrected chi connectivity index (χ0v) is 10.2. The van der Waals surface area contributed by atoms with E-state index in [2.05, 4.69) is 11.3 Å². The molecule has 0 aliphatic carbocycles. The molecular formula is C12H10N2O6. The van der Waals surface area contributed by atoms with Crippen LogP contribution in [0.2, 0.25) is 0 Å². The molecule has 0 saturated heterocycles. The summed E-state index contributed by atoms with van der Waals surface area (Å²) in [4.78, 5) is 31.0. The summed E-state index contributed by atoms with van der Waals surface area (Å²) in [6, 6.07) is 3.07. The van der Waals surface area contributed by atoms with E-state index in [9.17, 15) is 25.0 Å². The van der Waals surface area contributed by atoms with Gasteiger partial charge in [0.15, 0.2) is 0 Å². The van der Waals surface area contributed by atoms with E-state index >= 15 is 0 Å². The van der Waals surface area contributed by atoms with Gasteiger partial charge in [0.2, 0.25) is 0 Å². The van der Waals surface area contributed by atoms with Crippen LogP contribution in [0.4, 0.5) is 11.4 Å². The summed E-state index contributed by atoms with van der Waals surface area (Å²) in [5.41, 5.74) is -0.710. The summed E-state index contributed by atoms with van der Waals surface area (Å²) < 4.78 is 4.66. The van der Waals surface area contributed by atoms with Gasteiger partial charge in [-0.05, 0) is 11.6 Å². The Balaban J connectivity index is 3.02. The van der Waals surface area contributed by atoms with Crippen molar-refractivity contribution in [1.82, 2.24) is 0 Å². The fourth-order valence-electron chi connectivity index (χ4n) is 1.28. The van der Waals surface area contributed by atoms with Gasteiger partial charge < -0.3 is 4.74 Å². The van der Waals surface area contributed by atoms with E-state index in [-0.39, 0.29) is 12.2 Å². The molecule has 0 atom stereocenters. The highest BCUT2D eigenvalue weighted by Gasteiger charge is 2.15. The number of carbonyl (C=O) groups is 1. The predicted octanol–water partition coefficient (Wildman–Crippen LogP) is 2.25. The molecule has 0 radical (unpaired) electrons. The second kappa shape index (κ2) is 6.78. The third-order valence-electron chi connectivity index (χ3n) is 2.10. The molecule has 8 nitrogen and oxygen atoms in total. The molecule has 0 unspecified atom stereocenters. The fraction of sp³-hybridized carbons (Fsp3) is 0.0833. The van der Waals surface area contributed by atoms with Crippen LogP contribution in [0, 0.1) is 20.2 Å². The second-order valence-corrected chi connectivity index (χ2v) is 3.55. The third kappa shape index (κ3) is 4.33. The fourth-order valence-corrected chi connectivity index (χ4v) is 1.28. The lowest BCUT2D eigenvalue weighted by atomic mass is 10.1. The molecule has 104 valence electrons. The minimum absolute atomic E-state index is 0.0261. The molecule has 0 amide bonds. The Morgan fingerprint density at radius 3 is 2.20 bits per heavy atom. The molecule has 0 heterocycles. The van der Waals surface area contributed by atoms with Gasteiger partial charge in [0.25, 0.3) is 11.4 Å². The first-order chi connectivity index (χ1) is 9.43. The molecule has 0 aromatic heterocycles. The SMILES string of the molecule is C=CCOC(=O)C=Cc1cc([N+](=O)[O-])cc([N+](=O)[O-])c1. The summed E-state index contributed by atoms with van der Waals surface area (Å²) in [7, 11) is 0. The Kier molecular flexibility index (Phi) is 5.10. The zero-order chi connectivity index (χ0) is 15.1. The Bertz CT molecular complexity index is 561. The van der Waals surface area contributed by atoms with Gasteiger partial charge in [-0.15, -0.1) is 0 Å². The van der Waals surface area contributed by atoms with E-state index in [0.717, 1.165) is 24.3 Å². The van der Waals surface area contributed by atoms with Gasteiger partial charge in [0.05, 0.1) is 15.9 Å². The third-order valence-corrected chi connectivity index (χ3v) is 2.10. The van der Waals surface area contributed by atoms with Gasteiger partial charge in [-0.2, -0.15) is 0 Å². The Morgan fingerprint density at radius 1 is 1.20 bits per heavy atom. The highest BCUT2D eigenvalue weighted by atomic mass is 16.6. The second-order valence-electron chi connectivity index (χ2n) is 3.55. The van der Waals surface area contributed by atoms with Crippen molar-refractivity contribution in [3.63, 3.8) is 0 Å². The number of esters is 1. The summed E-state index contributed by atoms with van der Waals surface area (Å²) in [5.74, 6) is -0.681. The Labute approximate surface area is 113 Å². The maximum absolute atomic E-state index is 11.2. The first-order valence-corrected chi connectivity index (χ1v) is 5.33. The molecule has 0 aliphatic rings. The lowest BCUT2D eigenvalue weighted by molar-refractivity contribution is -0.394. The molecule has 1 aromatic carbocycles. The number of ether oxygens (including phenoxy) is 1. The van der Waals surface area contributed by atoms with Crippen LogP contribution < -0.4 is 0 Å². The summed E-state index contributed by atoms with van der Waals surface area (Å²) >= 11 is 0. The molecular weight excluding hydrogens is 268 g/mol. The number of nitrogens with zero attached hydrogens (tertiary/aromatic N) is 2. The van der Waals surface area contributed by atoms with E-state index in [1.165, 1.54) is 12.2 Å². The van der Waals surface area contributed by atoms with Crippen LogP contribution in [0.1, 0.15) is 5.56 Å². The standard InChI is InChI=1S/C12H10N2O6/c1-2-5-20-12(15)4-3-9-6-10(13(16)17)8-11(7-9)14(18)19/h2-4,6-8H,1,5H2. The summed E-state index contributed by atoms with van der Waals surface area (Å²) in [6.07, 6.45) is 3.60. The van der Waals surface area contributed by atoms with Crippen molar-refractivity contribution in [1.29, 1.82) is 0 Å². The first kappa shape index (κ1) is 15.0. The quantitative estimate of drug-likeness (QED) is 0.259. The van der Waals surface area contributed by atoms with Crippen LogP contribution in [0.15, 0.2) is 36.9 Å². The Hall–Kier alpha value is -3.03. The summed E-state index contributed by atoms with van der Waals surface area (Å²) in [5, 5.41) is 21.3. The van der Waals surface area contributed by atoms with Gasteiger partial charge >= 0.3 is 5.97 Å². The maximum Gasteiger partial charge on any atom is 0.331 e. The molecule has 20 heavy (non-hydrogen) atoms. The van der Waals surface area contributed by atoms with Gasteiger partial charge in [0.1, 0.15) is 6.61 Å². The van der Waals surface area contributed by atoms with Crippen LogP contribution in [0.5, 0.6) is 0 Å². The van der Waals surface area contributed by atoms with E-state index in [4.69, 9.17) is 0 Å². The molecule has 1 aromatic rings. The van der Waals surface area contributed by atoms with Crippen molar-refractivity contribution in [2.45, 2.75) is 0 Å². The van der Waals surface area contributed by atoms with Crippen molar-refractivity contribution in [3.05, 3.63) is 62.7 Å². The zero-order valence-electron chi connectivity index (χ0n) is 10.2. The molecule has 0 bridgehead atoms. The van der Waals surface area contributed by atoms with E-state index < -0.39 is 27.2 Å². The number of nitro benzene ring substituents is 2. The average molecular weight is 278 g/mol. The number of rotatable bonds is 6. The molecule has 0 aliphatic heterocycles. The maximum atomic E-state index is 11.2. The highest BCUT2D eigenvalue weighted by molar-refractivity contribution is 5.87. The van der Waals surface area contributed by atoms with Crippen LogP contribution in [-0.4, -0.2) is 22.4 Å². The van der Waals surface area contributed by atoms with Crippen LogP contribution >= 0.6 is 0 Å². The monoisotopic (exact) mass is 278 g/mol. The van der Waals surface area contributed by atoms with Crippen molar-refractivity contribution in [2.75, 3.05) is 6.61 Å². The van der Waals surface area contributed by atoms with Gasteiger partial charge in [-0.25, -0.2) is 4.79 Å². The van der Waals surface area contributed by atoms with Crippen molar-refractivity contribution < 1.29 is 19.4 Å². The van der Waals surface area contributed by atoms with Gasteiger partial charge in [-0.3, -0.25) is 20.2 Å². The molecule has 0 saturated carbocycles. The minimum atomic E-state index is -0.750. The normalized spacial score (nSPS) is 10.2. The Morgan fingerprint density at radius 2 is 1.75 bits per heavy atom.